The molecule has 0 saturated carbocycles. The van der Waals surface area contributed by atoms with Gasteiger partial charge in [0.25, 0.3) is 0 Å². The van der Waals surface area contributed by atoms with Crippen LogP contribution in [0.2, 0.25) is 0 Å². The van der Waals surface area contributed by atoms with Gasteiger partial charge in [-0.25, -0.2) is 4.79 Å². The fraction of sp³-hybridized carbons (Fsp3) is 0.174. The first kappa shape index (κ1) is 18.8. The van der Waals surface area contributed by atoms with Crippen molar-refractivity contribution in [3.63, 3.8) is 0 Å². The predicted octanol–water partition coefficient (Wildman–Crippen LogP) is 4.96. The summed E-state index contributed by atoms with van der Waals surface area (Å²) in [4.78, 5) is 14.7. The molecule has 0 unspecified atom stereocenters. The highest BCUT2D eigenvalue weighted by atomic mass is 16.5. The highest BCUT2D eigenvalue weighted by Gasteiger charge is 2.15. The van der Waals surface area contributed by atoms with E-state index < -0.39 is 0 Å². The lowest BCUT2D eigenvalue weighted by Gasteiger charge is -2.30. The summed E-state index contributed by atoms with van der Waals surface area (Å²) in [6.45, 7) is 3.00. The summed E-state index contributed by atoms with van der Waals surface area (Å²) >= 11 is 0. The van der Waals surface area contributed by atoms with E-state index in [9.17, 15) is 4.79 Å². The Hall–Kier alpha value is -3.51. The first-order valence-electron chi connectivity index (χ1n) is 9.61. The van der Waals surface area contributed by atoms with Gasteiger partial charge in [-0.2, -0.15) is 0 Å². The highest BCUT2D eigenvalue weighted by molar-refractivity contribution is 6.01. The first-order valence-corrected chi connectivity index (χ1v) is 9.61. The second kappa shape index (κ2) is 9.12. The van der Waals surface area contributed by atoms with E-state index >= 15 is 0 Å². The number of anilines is 3. The number of amides is 2. The summed E-state index contributed by atoms with van der Waals surface area (Å²) in [5.74, 6) is 1.48. The van der Waals surface area contributed by atoms with E-state index in [0.717, 1.165) is 30.2 Å². The summed E-state index contributed by atoms with van der Waals surface area (Å²) in [7, 11) is 0. The Kier molecular flexibility index (Phi) is 5.92. The van der Waals surface area contributed by atoms with Crippen LogP contribution in [0.5, 0.6) is 11.5 Å². The minimum absolute atomic E-state index is 0.289. The number of para-hydroxylation sites is 3. The molecule has 0 bridgehead atoms. The Balaban J connectivity index is 1.37. The lowest BCUT2D eigenvalue weighted by atomic mass is 10.2. The molecule has 1 fully saturated rings. The van der Waals surface area contributed by atoms with E-state index in [4.69, 9.17) is 9.47 Å². The van der Waals surface area contributed by atoms with E-state index in [-0.39, 0.29) is 6.03 Å². The zero-order chi connectivity index (χ0) is 19.9. The van der Waals surface area contributed by atoms with Gasteiger partial charge < -0.3 is 25.0 Å². The maximum Gasteiger partial charge on any atom is 0.323 e. The Bertz CT molecular complexity index is 939. The van der Waals surface area contributed by atoms with Gasteiger partial charge in [0.15, 0.2) is 0 Å². The SMILES string of the molecule is O=C(Nc1ccc(Oc2ccccc2)cc1)Nc1ccccc1N1CCOCC1. The summed E-state index contributed by atoms with van der Waals surface area (Å²) in [5.41, 5.74) is 2.46. The third-order valence-electron chi connectivity index (χ3n) is 4.60. The molecule has 29 heavy (non-hydrogen) atoms. The Morgan fingerprint density at radius 2 is 1.45 bits per heavy atom. The minimum atomic E-state index is -0.289. The normalized spacial score (nSPS) is 13.6. The van der Waals surface area contributed by atoms with Gasteiger partial charge in [-0.1, -0.05) is 30.3 Å². The summed E-state index contributed by atoms with van der Waals surface area (Å²) in [6.07, 6.45) is 0. The molecule has 4 rings (SSSR count). The lowest BCUT2D eigenvalue weighted by Crippen LogP contribution is -2.36. The monoisotopic (exact) mass is 389 g/mol. The third-order valence-corrected chi connectivity index (χ3v) is 4.60. The Morgan fingerprint density at radius 1 is 0.793 bits per heavy atom. The van der Waals surface area contributed by atoms with Gasteiger partial charge in [-0.3, -0.25) is 0 Å². The molecule has 1 heterocycles. The molecular formula is C23H23N3O3. The largest absolute Gasteiger partial charge is 0.457 e. The Morgan fingerprint density at radius 3 is 2.21 bits per heavy atom. The van der Waals surface area contributed by atoms with E-state index in [1.165, 1.54) is 0 Å². The number of hydrogen-bond acceptors (Lipinski definition) is 4. The van der Waals surface area contributed by atoms with Crippen molar-refractivity contribution in [1.82, 2.24) is 0 Å². The molecule has 3 aromatic carbocycles. The van der Waals surface area contributed by atoms with Crippen LogP contribution in [-0.2, 0) is 4.74 Å². The van der Waals surface area contributed by atoms with Crippen LogP contribution in [0.3, 0.4) is 0 Å². The molecular weight excluding hydrogens is 366 g/mol. The summed E-state index contributed by atoms with van der Waals surface area (Å²) in [6, 6.07) is 24.3. The molecule has 2 amide bonds. The van der Waals surface area contributed by atoms with E-state index in [1.807, 2.05) is 78.9 Å². The van der Waals surface area contributed by atoms with Gasteiger partial charge in [0, 0.05) is 18.8 Å². The number of carbonyl (C=O) groups is 1. The standard InChI is InChI=1S/C23H23N3O3/c27-23(25-21-8-4-5-9-22(21)26-14-16-28-17-15-26)24-18-10-12-20(13-11-18)29-19-6-2-1-3-7-19/h1-13H,14-17H2,(H2,24,25,27). The van der Waals surface area contributed by atoms with Crippen LogP contribution in [-0.4, -0.2) is 32.3 Å². The zero-order valence-corrected chi connectivity index (χ0v) is 16.0. The van der Waals surface area contributed by atoms with Crippen molar-refractivity contribution >= 4 is 23.1 Å². The van der Waals surface area contributed by atoms with Crippen LogP contribution >= 0.6 is 0 Å². The number of urea groups is 1. The second-order valence-electron chi connectivity index (χ2n) is 6.64. The van der Waals surface area contributed by atoms with Crippen molar-refractivity contribution in [3.05, 3.63) is 78.9 Å². The molecule has 0 aliphatic carbocycles. The molecule has 0 atom stereocenters. The molecule has 3 aromatic rings. The molecule has 0 spiro atoms. The van der Waals surface area contributed by atoms with Crippen molar-refractivity contribution in [2.45, 2.75) is 0 Å². The molecule has 6 nitrogen and oxygen atoms in total. The van der Waals surface area contributed by atoms with Crippen molar-refractivity contribution in [1.29, 1.82) is 0 Å². The van der Waals surface area contributed by atoms with Crippen molar-refractivity contribution in [3.8, 4) is 11.5 Å². The van der Waals surface area contributed by atoms with Crippen LogP contribution in [0, 0.1) is 0 Å². The highest BCUT2D eigenvalue weighted by Crippen LogP contribution is 2.27. The predicted molar refractivity (Wildman–Crippen MR) is 115 cm³/mol. The smallest absolute Gasteiger partial charge is 0.323 e. The first-order chi connectivity index (χ1) is 14.3. The number of hydrogen-bond donors (Lipinski definition) is 2. The van der Waals surface area contributed by atoms with Gasteiger partial charge in [0.1, 0.15) is 11.5 Å². The van der Waals surface area contributed by atoms with E-state index in [2.05, 4.69) is 15.5 Å². The fourth-order valence-corrected chi connectivity index (χ4v) is 3.17. The van der Waals surface area contributed by atoms with Gasteiger partial charge >= 0.3 is 6.03 Å². The lowest BCUT2D eigenvalue weighted by molar-refractivity contribution is 0.123. The van der Waals surface area contributed by atoms with E-state index in [1.54, 1.807) is 0 Å². The Labute approximate surface area is 170 Å². The molecule has 2 N–H and O–H groups in total. The molecule has 1 aliphatic rings. The number of morpholine rings is 1. The van der Waals surface area contributed by atoms with Crippen LogP contribution in [0.1, 0.15) is 0 Å². The number of rotatable bonds is 5. The van der Waals surface area contributed by atoms with Gasteiger partial charge in [0.2, 0.25) is 0 Å². The third kappa shape index (κ3) is 5.06. The van der Waals surface area contributed by atoms with Crippen molar-refractivity contribution in [2.24, 2.45) is 0 Å². The number of nitrogens with one attached hydrogen (secondary N) is 2. The minimum Gasteiger partial charge on any atom is -0.457 e. The molecule has 1 aliphatic heterocycles. The number of carbonyl (C=O) groups excluding carboxylic acids is 1. The van der Waals surface area contributed by atoms with Gasteiger partial charge in [-0.15, -0.1) is 0 Å². The van der Waals surface area contributed by atoms with Crippen LogP contribution in [0.15, 0.2) is 78.9 Å². The summed E-state index contributed by atoms with van der Waals surface area (Å²) < 4.78 is 11.2. The van der Waals surface area contributed by atoms with Crippen molar-refractivity contribution in [2.75, 3.05) is 41.8 Å². The maximum atomic E-state index is 12.5. The van der Waals surface area contributed by atoms with Gasteiger partial charge in [-0.05, 0) is 48.5 Å². The zero-order valence-electron chi connectivity index (χ0n) is 16.0. The van der Waals surface area contributed by atoms with Crippen LogP contribution in [0.4, 0.5) is 21.9 Å². The van der Waals surface area contributed by atoms with Crippen LogP contribution in [0.25, 0.3) is 0 Å². The summed E-state index contributed by atoms with van der Waals surface area (Å²) in [5, 5.41) is 5.81. The number of nitrogens with zero attached hydrogens (tertiary/aromatic N) is 1. The number of benzene rings is 3. The molecule has 1 saturated heterocycles. The van der Waals surface area contributed by atoms with Gasteiger partial charge in [0.05, 0.1) is 24.6 Å². The van der Waals surface area contributed by atoms with E-state index in [0.29, 0.717) is 24.7 Å². The second-order valence-corrected chi connectivity index (χ2v) is 6.64. The van der Waals surface area contributed by atoms with Crippen molar-refractivity contribution < 1.29 is 14.3 Å². The number of ether oxygens (including phenoxy) is 2. The fourth-order valence-electron chi connectivity index (χ4n) is 3.17. The molecule has 0 radical (unpaired) electrons. The molecule has 148 valence electrons. The maximum absolute atomic E-state index is 12.5. The average molecular weight is 389 g/mol. The quantitative estimate of drug-likeness (QED) is 0.647. The van der Waals surface area contributed by atoms with Crippen LogP contribution < -0.4 is 20.3 Å². The topological polar surface area (TPSA) is 62.8 Å². The molecule has 0 aromatic heterocycles. The molecule has 6 heteroatoms. The average Bonchev–Trinajstić information content (AvgIpc) is 2.77.